The van der Waals surface area contributed by atoms with E-state index in [0.29, 0.717) is 6.04 Å². The number of nitrogens with zero attached hydrogens (tertiary/aromatic N) is 2. The van der Waals surface area contributed by atoms with E-state index in [1.54, 1.807) is 12.1 Å². The first-order valence-corrected chi connectivity index (χ1v) is 5.79. The van der Waals surface area contributed by atoms with Crippen molar-refractivity contribution in [2.24, 2.45) is 0 Å². The van der Waals surface area contributed by atoms with E-state index < -0.39 is 0 Å². The number of aryl methyl sites for hydroxylation is 1. The molecule has 0 radical (unpaired) electrons. The summed E-state index contributed by atoms with van der Waals surface area (Å²) in [6.07, 6.45) is 4.66. The molecule has 1 saturated heterocycles. The molecule has 0 bridgehead atoms. The molecule has 0 spiro atoms. The van der Waals surface area contributed by atoms with E-state index >= 15 is 0 Å². The zero-order valence-corrected chi connectivity index (χ0v) is 9.06. The van der Waals surface area contributed by atoms with Crippen molar-refractivity contribution in [1.82, 2.24) is 0 Å². The molecule has 1 atom stereocenters. The molecule has 0 aromatic heterocycles. The van der Waals surface area contributed by atoms with E-state index in [0.717, 1.165) is 24.9 Å². The van der Waals surface area contributed by atoms with Gasteiger partial charge in [0, 0.05) is 30.4 Å². The van der Waals surface area contributed by atoms with Crippen LogP contribution < -0.4 is 4.90 Å². The Kier molecular flexibility index (Phi) is 2.09. The van der Waals surface area contributed by atoms with Gasteiger partial charge in [0.1, 0.15) is 0 Å². The number of non-ortho nitro benzene ring substituents is 1. The lowest BCUT2D eigenvalue weighted by Gasteiger charge is -2.33. The second-order valence-corrected chi connectivity index (χ2v) is 4.60. The smallest absolute Gasteiger partial charge is 0.269 e. The molecule has 3 rings (SSSR count). The Morgan fingerprint density at radius 1 is 1.38 bits per heavy atom. The van der Waals surface area contributed by atoms with E-state index in [9.17, 15) is 10.1 Å². The number of benzene rings is 1. The van der Waals surface area contributed by atoms with Crippen LogP contribution in [0, 0.1) is 10.1 Å². The number of anilines is 1. The summed E-state index contributed by atoms with van der Waals surface area (Å²) in [6, 6.07) is 5.96. The van der Waals surface area contributed by atoms with Crippen LogP contribution >= 0.6 is 0 Å². The first-order chi connectivity index (χ1) is 7.75. The Bertz CT molecular complexity index is 445. The monoisotopic (exact) mass is 218 g/mol. The summed E-state index contributed by atoms with van der Waals surface area (Å²) in [5, 5.41) is 10.7. The van der Waals surface area contributed by atoms with E-state index in [1.165, 1.54) is 18.5 Å². The Balaban J connectivity index is 2.02. The van der Waals surface area contributed by atoms with Crippen molar-refractivity contribution < 1.29 is 4.92 Å². The maximum Gasteiger partial charge on any atom is 0.269 e. The fourth-order valence-electron chi connectivity index (χ4n) is 2.94. The van der Waals surface area contributed by atoms with Crippen LogP contribution in [-0.2, 0) is 6.42 Å². The van der Waals surface area contributed by atoms with Crippen molar-refractivity contribution in [2.75, 3.05) is 11.4 Å². The number of fused-ring (bicyclic) bond motifs is 3. The van der Waals surface area contributed by atoms with Gasteiger partial charge >= 0.3 is 0 Å². The summed E-state index contributed by atoms with van der Waals surface area (Å²) < 4.78 is 0. The standard InChI is InChI=1S/C12H14N2O2/c15-14(16)11-5-6-12-9(8-11)3-4-10-2-1-7-13(10)12/h5-6,8,10H,1-4,7H2. The molecule has 0 aliphatic carbocycles. The van der Waals surface area contributed by atoms with Crippen LogP contribution in [0.1, 0.15) is 24.8 Å². The molecule has 1 unspecified atom stereocenters. The lowest BCUT2D eigenvalue weighted by molar-refractivity contribution is -0.384. The predicted octanol–water partition coefficient (Wildman–Crippen LogP) is 2.51. The minimum atomic E-state index is -0.309. The summed E-state index contributed by atoms with van der Waals surface area (Å²) >= 11 is 0. The molecule has 2 aliphatic heterocycles. The Morgan fingerprint density at radius 3 is 3.06 bits per heavy atom. The normalized spacial score (nSPS) is 22.8. The second kappa shape index (κ2) is 3.47. The van der Waals surface area contributed by atoms with Crippen molar-refractivity contribution in [3.05, 3.63) is 33.9 Å². The van der Waals surface area contributed by atoms with Crippen molar-refractivity contribution in [1.29, 1.82) is 0 Å². The van der Waals surface area contributed by atoms with Gasteiger partial charge < -0.3 is 4.90 Å². The first-order valence-electron chi connectivity index (χ1n) is 5.79. The van der Waals surface area contributed by atoms with E-state index in [2.05, 4.69) is 4.90 Å². The molecular formula is C12H14N2O2. The maximum absolute atomic E-state index is 10.7. The van der Waals surface area contributed by atoms with Gasteiger partial charge in [0.05, 0.1) is 4.92 Å². The second-order valence-electron chi connectivity index (χ2n) is 4.60. The highest BCUT2D eigenvalue weighted by atomic mass is 16.6. The van der Waals surface area contributed by atoms with Crippen LogP contribution in [0.25, 0.3) is 0 Å². The SMILES string of the molecule is O=[N+]([O-])c1ccc2c(c1)CCC1CCCN21. The minimum Gasteiger partial charge on any atom is -0.368 e. The molecule has 16 heavy (non-hydrogen) atoms. The molecule has 4 heteroatoms. The summed E-state index contributed by atoms with van der Waals surface area (Å²) in [4.78, 5) is 12.8. The average Bonchev–Trinajstić information content (AvgIpc) is 2.76. The fraction of sp³-hybridized carbons (Fsp3) is 0.500. The van der Waals surface area contributed by atoms with E-state index in [4.69, 9.17) is 0 Å². The first kappa shape index (κ1) is 9.63. The molecule has 84 valence electrons. The largest absolute Gasteiger partial charge is 0.368 e. The summed E-state index contributed by atoms with van der Waals surface area (Å²) in [5.41, 5.74) is 2.59. The van der Waals surface area contributed by atoms with Crippen LogP contribution in [0.2, 0.25) is 0 Å². The van der Waals surface area contributed by atoms with Crippen LogP contribution in [-0.4, -0.2) is 17.5 Å². The highest BCUT2D eigenvalue weighted by molar-refractivity contribution is 5.60. The topological polar surface area (TPSA) is 46.4 Å². The molecule has 0 saturated carbocycles. The summed E-state index contributed by atoms with van der Waals surface area (Å²) in [7, 11) is 0. The van der Waals surface area contributed by atoms with Crippen LogP contribution in [0.4, 0.5) is 11.4 Å². The maximum atomic E-state index is 10.7. The van der Waals surface area contributed by atoms with Crippen molar-refractivity contribution in [3.63, 3.8) is 0 Å². The number of nitro benzene ring substituents is 1. The van der Waals surface area contributed by atoms with Gasteiger partial charge in [-0.2, -0.15) is 0 Å². The number of rotatable bonds is 1. The molecule has 1 aromatic rings. The lowest BCUT2D eigenvalue weighted by atomic mass is 9.96. The summed E-state index contributed by atoms with van der Waals surface area (Å²) in [6.45, 7) is 1.11. The Morgan fingerprint density at radius 2 is 2.25 bits per heavy atom. The highest BCUT2D eigenvalue weighted by Gasteiger charge is 2.30. The lowest BCUT2D eigenvalue weighted by Crippen LogP contribution is -2.33. The number of nitro groups is 1. The molecule has 2 heterocycles. The van der Waals surface area contributed by atoms with Crippen LogP contribution in [0.3, 0.4) is 0 Å². The zero-order chi connectivity index (χ0) is 11.1. The fourth-order valence-corrected chi connectivity index (χ4v) is 2.94. The van der Waals surface area contributed by atoms with Gasteiger partial charge in [0.25, 0.3) is 5.69 Å². The van der Waals surface area contributed by atoms with Gasteiger partial charge in [0.15, 0.2) is 0 Å². The van der Waals surface area contributed by atoms with E-state index in [1.807, 2.05) is 6.07 Å². The molecule has 0 amide bonds. The number of hydrogen-bond donors (Lipinski definition) is 0. The molecule has 1 fully saturated rings. The van der Waals surface area contributed by atoms with Gasteiger partial charge in [-0.05, 0) is 37.3 Å². The summed E-state index contributed by atoms with van der Waals surface area (Å²) in [5.74, 6) is 0. The zero-order valence-electron chi connectivity index (χ0n) is 9.06. The van der Waals surface area contributed by atoms with Gasteiger partial charge in [0.2, 0.25) is 0 Å². The Hall–Kier alpha value is -1.58. The third-order valence-corrected chi connectivity index (χ3v) is 3.71. The molecule has 4 nitrogen and oxygen atoms in total. The van der Waals surface area contributed by atoms with Crippen molar-refractivity contribution >= 4 is 11.4 Å². The molecule has 1 aromatic carbocycles. The van der Waals surface area contributed by atoms with Gasteiger partial charge in [-0.3, -0.25) is 10.1 Å². The van der Waals surface area contributed by atoms with Gasteiger partial charge in [-0.15, -0.1) is 0 Å². The van der Waals surface area contributed by atoms with Crippen LogP contribution in [0.15, 0.2) is 18.2 Å². The third-order valence-electron chi connectivity index (χ3n) is 3.71. The molecular weight excluding hydrogens is 204 g/mol. The van der Waals surface area contributed by atoms with Gasteiger partial charge in [-0.1, -0.05) is 0 Å². The predicted molar refractivity (Wildman–Crippen MR) is 61.8 cm³/mol. The quantitative estimate of drug-likeness (QED) is 0.537. The number of hydrogen-bond acceptors (Lipinski definition) is 3. The third kappa shape index (κ3) is 1.37. The minimum absolute atomic E-state index is 0.219. The van der Waals surface area contributed by atoms with Crippen LogP contribution in [0.5, 0.6) is 0 Å². The van der Waals surface area contributed by atoms with E-state index in [-0.39, 0.29) is 10.6 Å². The highest BCUT2D eigenvalue weighted by Crippen LogP contribution is 2.37. The molecule has 0 N–H and O–H groups in total. The Labute approximate surface area is 94.0 Å². The molecule has 2 aliphatic rings. The van der Waals surface area contributed by atoms with Gasteiger partial charge in [-0.25, -0.2) is 0 Å². The van der Waals surface area contributed by atoms with Crippen molar-refractivity contribution in [2.45, 2.75) is 31.7 Å². The van der Waals surface area contributed by atoms with Crippen molar-refractivity contribution in [3.8, 4) is 0 Å². The average molecular weight is 218 g/mol.